The Labute approximate surface area is 124 Å². The maximum Gasteiger partial charge on any atom is 0.245 e. The molecule has 0 saturated carbocycles. The molecule has 0 N–H and O–H groups in total. The van der Waals surface area contributed by atoms with Gasteiger partial charge in [-0.3, -0.25) is 4.79 Å². The highest BCUT2D eigenvalue weighted by atomic mass is 16.3. The number of hydrogen-bond donors (Lipinski definition) is 0. The number of amides is 1. The molecule has 0 heterocycles. The number of nitroso groups, excluding NO2 is 1. The molecular weight excluding hydrogens is 252 g/mol. The van der Waals surface area contributed by atoms with Crippen LogP contribution in [0.3, 0.4) is 0 Å². The van der Waals surface area contributed by atoms with Crippen LogP contribution in [0.15, 0.2) is 5.29 Å². The molecular formula is C16H32N2O2. The van der Waals surface area contributed by atoms with Crippen LogP contribution in [0.5, 0.6) is 0 Å². The smallest absolute Gasteiger partial charge is 0.245 e. The average molecular weight is 284 g/mol. The molecule has 0 unspecified atom stereocenters. The van der Waals surface area contributed by atoms with E-state index in [0.717, 1.165) is 17.9 Å². The Morgan fingerprint density at radius 2 is 1.25 bits per heavy atom. The molecule has 0 aliphatic rings. The van der Waals surface area contributed by atoms with Crippen molar-refractivity contribution in [2.75, 3.05) is 6.54 Å². The van der Waals surface area contributed by atoms with Gasteiger partial charge in [0.15, 0.2) is 0 Å². The van der Waals surface area contributed by atoms with Gasteiger partial charge in [0, 0.05) is 13.0 Å². The zero-order valence-electron chi connectivity index (χ0n) is 13.4. The van der Waals surface area contributed by atoms with Gasteiger partial charge in [-0.25, -0.2) is 0 Å². The predicted molar refractivity (Wildman–Crippen MR) is 84.3 cm³/mol. The molecule has 0 rings (SSSR count). The van der Waals surface area contributed by atoms with Crippen molar-refractivity contribution in [1.82, 2.24) is 5.01 Å². The van der Waals surface area contributed by atoms with Crippen molar-refractivity contribution in [3.63, 3.8) is 0 Å². The van der Waals surface area contributed by atoms with E-state index in [1.54, 1.807) is 6.92 Å². The normalized spacial score (nSPS) is 10.5. The van der Waals surface area contributed by atoms with E-state index in [4.69, 9.17) is 0 Å². The largest absolute Gasteiger partial charge is 0.273 e. The predicted octanol–water partition coefficient (Wildman–Crippen LogP) is 5.22. The molecule has 0 aromatic heterocycles. The van der Waals surface area contributed by atoms with E-state index >= 15 is 0 Å². The van der Waals surface area contributed by atoms with E-state index in [9.17, 15) is 9.70 Å². The van der Waals surface area contributed by atoms with Gasteiger partial charge in [0.25, 0.3) is 0 Å². The van der Waals surface area contributed by atoms with Crippen LogP contribution in [0.1, 0.15) is 90.9 Å². The van der Waals surface area contributed by atoms with Crippen molar-refractivity contribution in [1.29, 1.82) is 0 Å². The van der Waals surface area contributed by atoms with Crippen molar-refractivity contribution >= 4 is 5.91 Å². The fourth-order valence-corrected chi connectivity index (χ4v) is 2.35. The van der Waals surface area contributed by atoms with Crippen LogP contribution in [-0.2, 0) is 4.79 Å². The second-order valence-corrected chi connectivity index (χ2v) is 5.48. The highest BCUT2D eigenvalue weighted by Crippen LogP contribution is 2.12. The highest BCUT2D eigenvalue weighted by Gasteiger charge is 2.10. The van der Waals surface area contributed by atoms with Gasteiger partial charge in [-0.05, 0) is 13.3 Å². The summed E-state index contributed by atoms with van der Waals surface area (Å²) in [6, 6.07) is 0. The summed E-state index contributed by atoms with van der Waals surface area (Å²) in [5, 5.41) is 3.72. The molecule has 20 heavy (non-hydrogen) atoms. The topological polar surface area (TPSA) is 49.7 Å². The lowest BCUT2D eigenvalue weighted by molar-refractivity contribution is -0.131. The van der Waals surface area contributed by atoms with Crippen LogP contribution < -0.4 is 0 Å². The second kappa shape index (κ2) is 14.5. The number of carbonyl (C=O) groups is 1. The van der Waals surface area contributed by atoms with Crippen LogP contribution in [0.2, 0.25) is 0 Å². The molecule has 0 fully saturated rings. The Morgan fingerprint density at radius 1 is 0.800 bits per heavy atom. The minimum atomic E-state index is -0.140. The number of unbranched alkanes of at least 4 members (excludes halogenated alkanes) is 10. The molecule has 118 valence electrons. The fraction of sp³-hybridized carbons (Fsp3) is 0.938. The first-order valence-corrected chi connectivity index (χ1v) is 8.39. The summed E-state index contributed by atoms with van der Waals surface area (Å²) in [5.74, 6) is -0.140. The molecule has 0 atom stereocenters. The SMILES string of the molecule is CCCCCCCCCCCCCC(=O)N(CC)N=O. The lowest BCUT2D eigenvalue weighted by Gasteiger charge is -2.09. The molecule has 4 heteroatoms. The lowest BCUT2D eigenvalue weighted by atomic mass is 10.1. The molecule has 0 aromatic rings. The minimum absolute atomic E-state index is 0.140. The summed E-state index contributed by atoms with van der Waals surface area (Å²) in [4.78, 5) is 21.8. The standard InChI is InChI=1S/C16H32N2O2/c1-3-5-6-7-8-9-10-11-12-13-14-15-16(19)18(4-2)17-20/h3-15H2,1-2H3. The maximum absolute atomic E-state index is 11.5. The van der Waals surface area contributed by atoms with Crippen molar-refractivity contribution in [3.05, 3.63) is 4.91 Å². The fourth-order valence-electron chi connectivity index (χ4n) is 2.35. The van der Waals surface area contributed by atoms with E-state index < -0.39 is 0 Å². The van der Waals surface area contributed by atoms with Gasteiger partial charge >= 0.3 is 0 Å². The summed E-state index contributed by atoms with van der Waals surface area (Å²) in [5.41, 5.74) is 0. The summed E-state index contributed by atoms with van der Waals surface area (Å²) in [6.07, 6.45) is 14.4. The van der Waals surface area contributed by atoms with Gasteiger partial charge in [0.1, 0.15) is 0 Å². The molecule has 0 aliphatic heterocycles. The van der Waals surface area contributed by atoms with Gasteiger partial charge in [-0.1, -0.05) is 71.1 Å². The van der Waals surface area contributed by atoms with Crippen molar-refractivity contribution in [2.24, 2.45) is 5.29 Å². The zero-order valence-corrected chi connectivity index (χ0v) is 13.4. The van der Waals surface area contributed by atoms with E-state index in [2.05, 4.69) is 12.2 Å². The summed E-state index contributed by atoms with van der Waals surface area (Å²) >= 11 is 0. The monoisotopic (exact) mass is 284 g/mol. The van der Waals surface area contributed by atoms with Crippen molar-refractivity contribution in [2.45, 2.75) is 90.9 Å². The Balaban J connectivity index is 3.24. The molecule has 0 radical (unpaired) electrons. The van der Waals surface area contributed by atoms with Gasteiger partial charge in [0.05, 0.1) is 5.29 Å². The van der Waals surface area contributed by atoms with Crippen LogP contribution in [0.4, 0.5) is 0 Å². The first-order valence-electron chi connectivity index (χ1n) is 8.39. The van der Waals surface area contributed by atoms with Gasteiger partial charge in [-0.2, -0.15) is 5.01 Å². The molecule has 0 bridgehead atoms. The van der Waals surface area contributed by atoms with Gasteiger partial charge < -0.3 is 0 Å². The molecule has 0 aliphatic carbocycles. The first-order chi connectivity index (χ1) is 9.76. The number of rotatable bonds is 14. The number of carbonyl (C=O) groups excluding carboxylic acids is 1. The first kappa shape index (κ1) is 19.1. The summed E-state index contributed by atoms with van der Waals surface area (Å²) in [6.45, 7) is 4.38. The van der Waals surface area contributed by atoms with Gasteiger partial charge in [0.2, 0.25) is 5.91 Å². The third kappa shape index (κ3) is 10.9. The zero-order chi connectivity index (χ0) is 15.1. The molecule has 0 spiro atoms. The highest BCUT2D eigenvalue weighted by molar-refractivity contribution is 5.75. The Morgan fingerprint density at radius 3 is 1.65 bits per heavy atom. The van der Waals surface area contributed by atoms with E-state index in [1.165, 1.54) is 57.8 Å². The minimum Gasteiger partial charge on any atom is -0.273 e. The molecule has 0 aromatic carbocycles. The Kier molecular flexibility index (Phi) is 13.8. The number of hydrogen-bond acceptors (Lipinski definition) is 3. The summed E-state index contributed by atoms with van der Waals surface area (Å²) < 4.78 is 0. The van der Waals surface area contributed by atoms with Crippen LogP contribution in [-0.4, -0.2) is 17.5 Å². The number of nitrogens with zero attached hydrogens (tertiary/aromatic N) is 2. The van der Waals surface area contributed by atoms with E-state index in [-0.39, 0.29) is 5.91 Å². The third-order valence-electron chi connectivity index (χ3n) is 3.68. The molecule has 0 saturated heterocycles. The Bertz CT molecular complexity index is 245. The summed E-state index contributed by atoms with van der Waals surface area (Å²) in [7, 11) is 0. The van der Waals surface area contributed by atoms with Crippen molar-refractivity contribution in [3.8, 4) is 0 Å². The maximum atomic E-state index is 11.5. The Hall–Kier alpha value is -0.930. The lowest BCUT2D eigenvalue weighted by Crippen LogP contribution is -2.24. The van der Waals surface area contributed by atoms with E-state index in [0.29, 0.717) is 13.0 Å². The van der Waals surface area contributed by atoms with Crippen molar-refractivity contribution < 1.29 is 4.79 Å². The van der Waals surface area contributed by atoms with Crippen LogP contribution in [0, 0.1) is 4.91 Å². The molecule has 1 amide bonds. The molecule has 4 nitrogen and oxygen atoms in total. The average Bonchev–Trinajstić information content (AvgIpc) is 2.46. The van der Waals surface area contributed by atoms with Crippen LogP contribution in [0.25, 0.3) is 0 Å². The second-order valence-electron chi connectivity index (χ2n) is 5.48. The van der Waals surface area contributed by atoms with Crippen LogP contribution >= 0.6 is 0 Å². The quantitative estimate of drug-likeness (QED) is 0.249. The van der Waals surface area contributed by atoms with E-state index in [1.807, 2.05) is 0 Å². The third-order valence-corrected chi connectivity index (χ3v) is 3.68. The van der Waals surface area contributed by atoms with Gasteiger partial charge in [-0.15, -0.1) is 4.91 Å².